The minimum atomic E-state index is -1.20. The highest BCUT2D eigenvalue weighted by atomic mass is 32.1. The summed E-state index contributed by atoms with van der Waals surface area (Å²) in [7, 11) is 0. The number of aromatic carboxylic acids is 1. The number of hydrogen-bond donors (Lipinski definition) is 1. The van der Waals surface area contributed by atoms with Crippen LogP contribution in [0.4, 0.5) is 4.39 Å². The van der Waals surface area contributed by atoms with Gasteiger partial charge in [0.15, 0.2) is 6.29 Å². The van der Waals surface area contributed by atoms with Crippen molar-refractivity contribution in [2.45, 2.75) is 0 Å². The average molecular weight is 250 g/mol. The minimum absolute atomic E-state index is 0.111. The standard InChI is InChI=1S/C12H7FO3S/c13-8-1-2-10(11(4-8)12(15)16)7-3-9(5-14)17-6-7/h1-6H,(H,15,16). The maximum absolute atomic E-state index is 13.0. The summed E-state index contributed by atoms with van der Waals surface area (Å²) in [4.78, 5) is 22.0. The lowest BCUT2D eigenvalue weighted by Crippen LogP contribution is -1.99. The average Bonchev–Trinajstić information content (AvgIpc) is 2.77. The predicted molar refractivity (Wildman–Crippen MR) is 62.1 cm³/mol. The maximum Gasteiger partial charge on any atom is 0.336 e. The van der Waals surface area contributed by atoms with Crippen LogP contribution in [0.1, 0.15) is 20.0 Å². The molecule has 0 aliphatic heterocycles. The lowest BCUT2D eigenvalue weighted by Gasteiger charge is -2.03. The molecule has 1 aromatic heterocycles. The van der Waals surface area contributed by atoms with Crippen LogP contribution in [0, 0.1) is 5.82 Å². The maximum atomic E-state index is 13.0. The van der Waals surface area contributed by atoms with Crippen LogP contribution in [0.15, 0.2) is 29.6 Å². The molecule has 3 nitrogen and oxygen atoms in total. The van der Waals surface area contributed by atoms with Crippen molar-refractivity contribution in [2.24, 2.45) is 0 Å². The molecule has 1 heterocycles. The Morgan fingerprint density at radius 3 is 2.71 bits per heavy atom. The van der Waals surface area contributed by atoms with Crippen molar-refractivity contribution in [3.63, 3.8) is 0 Å². The van der Waals surface area contributed by atoms with Crippen molar-refractivity contribution < 1.29 is 19.1 Å². The summed E-state index contributed by atoms with van der Waals surface area (Å²) < 4.78 is 13.0. The zero-order valence-corrected chi connectivity index (χ0v) is 9.33. The molecule has 0 spiro atoms. The van der Waals surface area contributed by atoms with Crippen molar-refractivity contribution in [1.82, 2.24) is 0 Å². The molecule has 0 saturated carbocycles. The molecule has 17 heavy (non-hydrogen) atoms. The first-order valence-corrected chi connectivity index (χ1v) is 5.56. The Labute approximate surface area is 100 Å². The van der Waals surface area contributed by atoms with Crippen LogP contribution in [0.3, 0.4) is 0 Å². The zero-order valence-electron chi connectivity index (χ0n) is 8.51. The first-order valence-electron chi connectivity index (χ1n) is 4.68. The third-order valence-corrected chi connectivity index (χ3v) is 3.12. The number of halogens is 1. The van der Waals surface area contributed by atoms with Crippen molar-refractivity contribution in [2.75, 3.05) is 0 Å². The number of aldehydes is 1. The Kier molecular flexibility index (Phi) is 3.01. The monoisotopic (exact) mass is 250 g/mol. The molecule has 0 saturated heterocycles. The third kappa shape index (κ3) is 2.24. The van der Waals surface area contributed by atoms with Gasteiger partial charge >= 0.3 is 5.97 Å². The van der Waals surface area contributed by atoms with Gasteiger partial charge in [0.2, 0.25) is 0 Å². The molecular formula is C12H7FO3S. The zero-order chi connectivity index (χ0) is 12.4. The number of thiophene rings is 1. The fraction of sp³-hybridized carbons (Fsp3) is 0. The molecule has 1 aromatic carbocycles. The number of carboxylic acid groups (broad SMARTS) is 1. The van der Waals surface area contributed by atoms with Crippen LogP contribution in [0.5, 0.6) is 0 Å². The Balaban J connectivity index is 2.58. The van der Waals surface area contributed by atoms with Crippen molar-refractivity contribution in [3.05, 3.63) is 45.9 Å². The highest BCUT2D eigenvalue weighted by Crippen LogP contribution is 2.28. The minimum Gasteiger partial charge on any atom is -0.478 e. The van der Waals surface area contributed by atoms with E-state index in [9.17, 15) is 14.0 Å². The van der Waals surface area contributed by atoms with Crippen LogP contribution in [-0.2, 0) is 0 Å². The Bertz CT molecular complexity index is 589. The van der Waals surface area contributed by atoms with Gasteiger partial charge in [-0.15, -0.1) is 11.3 Å². The molecule has 86 valence electrons. The van der Waals surface area contributed by atoms with Crippen molar-refractivity contribution in [3.8, 4) is 11.1 Å². The van der Waals surface area contributed by atoms with Crippen LogP contribution < -0.4 is 0 Å². The highest BCUT2D eigenvalue weighted by Gasteiger charge is 2.13. The molecule has 5 heteroatoms. The van der Waals surface area contributed by atoms with E-state index in [4.69, 9.17) is 5.11 Å². The Hall–Kier alpha value is -2.01. The predicted octanol–water partition coefficient (Wildman–Crippen LogP) is 3.06. The topological polar surface area (TPSA) is 54.4 Å². The van der Waals surface area contributed by atoms with E-state index in [-0.39, 0.29) is 5.56 Å². The summed E-state index contributed by atoms with van der Waals surface area (Å²) >= 11 is 1.21. The summed E-state index contributed by atoms with van der Waals surface area (Å²) in [6, 6.07) is 5.14. The van der Waals surface area contributed by atoms with Gasteiger partial charge in [0, 0.05) is 0 Å². The second-order valence-electron chi connectivity index (χ2n) is 3.35. The first kappa shape index (κ1) is 11.5. The second-order valence-corrected chi connectivity index (χ2v) is 4.29. The molecule has 1 N–H and O–H groups in total. The van der Waals surface area contributed by atoms with Crippen LogP contribution in [0.2, 0.25) is 0 Å². The van der Waals surface area contributed by atoms with E-state index < -0.39 is 11.8 Å². The largest absolute Gasteiger partial charge is 0.478 e. The van der Waals surface area contributed by atoms with E-state index in [1.807, 2.05) is 0 Å². The lowest BCUT2D eigenvalue weighted by molar-refractivity contribution is 0.0697. The number of hydrogen-bond acceptors (Lipinski definition) is 3. The lowest BCUT2D eigenvalue weighted by atomic mass is 10.0. The van der Waals surface area contributed by atoms with Crippen LogP contribution >= 0.6 is 11.3 Å². The third-order valence-electron chi connectivity index (χ3n) is 2.26. The molecule has 0 fully saturated rings. The van der Waals surface area contributed by atoms with Crippen molar-refractivity contribution in [1.29, 1.82) is 0 Å². The molecule has 0 bridgehead atoms. The fourth-order valence-corrected chi connectivity index (χ4v) is 2.21. The quantitative estimate of drug-likeness (QED) is 0.852. The van der Waals surface area contributed by atoms with E-state index in [1.54, 1.807) is 11.4 Å². The number of carbonyl (C=O) groups excluding carboxylic acids is 1. The molecule has 0 unspecified atom stereocenters. The molecule has 2 aromatic rings. The van der Waals surface area contributed by atoms with E-state index in [1.165, 1.54) is 23.5 Å². The SMILES string of the molecule is O=Cc1cc(-c2ccc(F)cc2C(=O)O)cs1. The van der Waals surface area contributed by atoms with Crippen molar-refractivity contribution >= 4 is 23.6 Å². The first-order chi connectivity index (χ1) is 8.11. The van der Waals surface area contributed by atoms with E-state index >= 15 is 0 Å². The molecule has 0 amide bonds. The number of carbonyl (C=O) groups is 2. The van der Waals surface area contributed by atoms with Gasteiger partial charge in [0.25, 0.3) is 0 Å². The Morgan fingerprint density at radius 1 is 1.35 bits per heavy atom. The molecule has 0 aliphatic rings. The number of rotatable bonds is 3. The van der Waals surface area contributed by atoms with Crippen LogP contribution in [-0.4, -0.2) is 17.4 Å². The summed E-state index contributed by atoms with van der Waals surface area (Å²) in [5, 5.41) is 10.7. The van der Waals surface area contributed by atoms with Crippen LogP contribution in [0.25, 0.3) is 11.1 Å². The molecule has 0 radical (unpaired) electrons. The van der Waals surface area contributed by atoms with Gasteiger partial charge in [0.05, 0.1) is 10.4 Å². The van der Waals surface area contributed by atoms with Gasteiger partial charge in [-0.1, -0.05) is 6.07 Å². The number of benzene rings is 1. The molecule has 2 rings (SSSR count). The van der Waals surface area contributed by atoms with Gasteiger partial charge in [-0.2, -0.15) is 0 Å². The number of carboxylic acids is 1. The summed E-state index contributed by atoms with van der Waals surface area (Å²) in [5.74, 6) is -1.80. The highest BCUT2D eigenvalue weighted by molar-refractivity contribution is 7.12. The molecule has 0 aliphatic carbocycles. The van der Waals surface area contributed by atoms with E-state index in [0.29, 0.717) is 22.3 Å². The fourth-order valence-electron chi connectivity index (χ4n) is 1.50. The molecule has 0 atom stereocenters. The summed E-state index contributed by atoms with van der Waals surface area (Å²) in [6.45, 7) is 0. The Morgan fingerprint density at radius 2 is 2.12 bits per heavy atom. The van der Waals surface area contributed by atoms with Gasteiger partial charge < -0.3 is 5.11 Å². The van der Waals surface area contributed by atoms with E-state index in [0.717, 1.165) is 6.07 Å². The normalized spacial score (nSPS) is 10.2. The summed E-state index contributed by atoms with van der Waals surface area (Å²) in [6.07, 6.45) is 0.693. The van der Waals surface area contributed by atoms with Gasteiger partial charge in [-0.05, 0) is 34.7 Å². The second kappa shape index (κ2) is 4.47. The summed E-state index contributed by atoms with van der Waals surface area (Å²) in [5.41, 5.74) is 0.901. The van der Waals surface area contributed by atoms with E-state index in [2.05, 4.69) is 0 Å². The van der Waals surface area contributed by atoms with Gasteiger partial charge in [-0.3, -0.25) is 4.79 Å². The molecular weight excluding hydrogens is 243 g/mol. The van der Waals surface area contributed by atoms with Gasteiger partial charge in [-0.25, -0.2) is 9.18 Å². The smallest absolute Gasteiger partial charge is 0.336 e. The van der Waals surface area contributed by atoms with Gasteiger partial charge in [0.1, 0.15) is 5.82 Å².